The SMILES string of the molecule is Cc1ncsc1CCC(=O)N[C@H](Cc1ccccn1)C1CC(O)C1. The summed E-state index contributed by atoms with van der Waals surface area (Å²) in [4.78, 5) is 22.1. The minimum atomic E-state index is -0.224. The van der Waals surface area contributed by atoms with Gasteiger partial charge in [0.15, 0.2) is 0 Å². The number of aromatic nitrogens is 2. The maximum atomic E-state index is 12.4. The number of carbonyl (C=O) groups excluding carboxylic acids is 1. The Kier molecular flexibility index (Phi) is 5.58. The van der Waals surface area contributed by atoms with E-state index in [4.69, 9.17) is 0 Å². The van der Waals surface area contributed by atoms with Crippen LogP contribution in [0.1, 0.15) is 35.5 Å². The lowest BCUT2D eigenvalue weighted by molar-refractivity contribution is -0.122. The summed E-state index contributed by atoms with van der Waals surface area (Å²) in [5.74, 6) is 0.390. The molecule has 1 atom stereocenters. The highest BCUT2D eigenvalue weighted by Crippen LogP contribution is 2.31. The number of amides is 1. The van der Waals surface area contributed by atoms with Crippen molar-refractivity contribution in [1.29, 1.82) is 0 Å². The number of pyridine rings is 1. The van der Waals surface area contributed by atoms with Gasteiger partial charge in [0, 0.05) is 35.7 Å². The van der Waals surface area contributed by atoms with E-state index in [9.17, 15) is 9.90 Å². The fourth-order valence-electron chi connectivity index (χ4n) is 3.11. The molecule has 2 N–H and O–H groups in total. The zero-order chi connectivity index (χ0) is 16.9. The van der Waals surface area contributed by atoms with Crippen molar-refractivity contribution in [3.8, 4) is 0 Å². The van der Waals surface area contributed by atoms with E-state index in [1.807, 2.05) is 30.6 Å². The van der Waals surface area contributed by atoms with Crippen molar-refractivity contribution in [1.82, 2.24) is 15.3 Å². The molecule has 128 valence electrons. The fraction of sp³-hybridized carbons (Fsp3) is 0.500. The Labute approximate surface area is 146 Å². The molecular weight excluding hydrogens is 322 g/mol. The molecule has 0 unspecified atom stereocenters. The molecule has 0 bridgehead atoms. The summed E-state index contributed by atoms with van der Waals surface area (Å²) in [5, 5.41) is 12.8. The minimum Gasteiger partial charge on any atom is -0.393 e. The smallest absolute Gasteiger partial charge is 0.220 e. The monoisotopic (exact) mass is 345 g/mol. The fourth-order valence-corrected chi connectivity index (χ4v) is 3.89. The number of hydrogen-bond acceptors (Lipinski definition) is 5. The van der Waals surface area contributed by atoms with Crippen LogP contribution < -0.4 is 5.32 Å². The van der Waals surface area contributed by atoms with E-state index < -0.39 is 0 Å². The van der Waals surface area contributed by atoms with Gasteiger partial charge in [-0.25, -0.2) is 4.98 Å². The number of aryl methyl sites for hydroxylation is 2. The molecule has 3 rings (SSSR count). The van der Waals surface area contributed by atoms with Crippen LogP contribution in [0.2, 0.25) is 0 Å². The molecule has 0 aromatic carbocycles. The predicted octanol–water partition coefficient (Wildman–Crippen LogP) is 2.28. The third-order valence-electron chi connectivity index (χ3n) is 4.64. The highest BCUT2D eigenvalue weighted by Gasteiger charge is 2.34. The molecule has 2 aromatic heterocycles. The number of aliphatic hydroxyl groups excluding tert-OH is 1. The number of rotatable bonds is 7. The lowest BCUT2D eigenvalue weighted by Crippen LogP contribution is -2.48. The van der Waals surface area contributed by atoms with Gasteiger partial charge in [-0.15, -0.1) is 11.3 Å². The Balaban J connectivity index is 1.56. The molecule has 6 heteroatoms. The summed E-state index contributed by atoms with van der Waals surface area (Å²) in [6, 6.07) is 5.87. The summed E-state index contributed by atoms with van der Waals surface area (Å²) >= 11 is 1.60. The van der Waals surface area contributed by atoms with Crippen LogP contribution in [0.3, 0.4) is 0 Å². The van der Waals surface area contributed by atoms with Crippen molar-refractivity contribution in [2.45, 2.75) is 51.2 Å². The van der Waals surface area contributed by atoms with Crippen molar-refractivity contribution in [3.05, 3.63) is 46.2 Å². The van der Waals surface area contributed by atoms with Gasteiger partial charge in [0.25, 0.3) is 0 Å². The van der Waals surface area contributed by atoms with Gasteiger partial charge in [0.05, 0.1) is 17.3 Å². The maximum Gasteiger partial charge on any atom is 0.220 e. The van der Waals surface area contributed by atoms with Gasteiger partial charge in [0.1, 0.15) is 0 Å². The van der Waals surface area contributed by atoms with Crippen molar-refractivity contribution in [2.24, 2.45) is 5.92 Å². The molecule has 0 saturated heterocycles. The number of nitrogens with one attached hydrogen (secondary N) is 1. The summed E-state index contributed by atoms with van der Waals surface area (Å²) in [7, 11) is 0. The Morgan fingerprint density at radius 3 is 2.88 bits per heavy atom. The molecule has 2 aromatic rings. The second kappa shape index (κ2) is 7.85. The van der Waals surface area contributed by atoms with Crippen LogP contribution >= 0.6 is 11.3 Å². The quantitative estimate of drug-likeness (QED) is 0.807. The predicted molar refractivity (Wildman–Crippen MR) is 93.8 cm³/mol. The Hall–Kier alpha value is -1.79. The van der Waals surface area contributed by atoms with E-state index in [1.54, 1.807) is 17.5 Å². The number of hydrogen-bond donors (Lipinski definition) is 2. The van der Waals surface area contributed by atoms with E-state index >= 15 is 0 Å². The van der Waals surface area contributed by atoms with E-state index in [1.165, 1.54) is 4.88 Å². The average molecular weight is 345 g/mol. The van der Waals surface area contributed by atoms with Crippen molar-refractivity contribution in [2.75, 3.05) is 0 Å². The maximum absolute atomic E-state index is 12.4. The van der Waals surface area contributed by atoms with Crippen molar-refractivity contribution >= 4 is 17.2 Å². The molecule has 2 heterocycles. The topological polar surface area (TPSA) is 75.1 Å². The lowest BCUT2D eigenvalue weighted by Gasteiger charge is -2.38. The van der Waals surface area contributed by atoms with Crippen LogP contribution in [0.15, 0.2) is 29.9 Å². The zero-order valence-corrected chi connectivity index (χ0v) is 14.6. The highest BCUT2D eigenvalue weighted by atomic mass is 32.1. The number of thiazole rings is 1. The number of nitrogens with zero attached hydrogens (tertiary/aromatic N) is 2. The first-order chi connectivity index (χ1) is 11.6. The molecule has 0 aliphatic heterocycles. The molecule has 1 amide bonds. The molecule has 24 heavy (non-hydrogen) atoms. The Bertz CT molecular complexity index is 668. The van der Waals surface area contributed by atoms with Crippen molar-refractivity contribution < 1.29 is 9.90 Å². The van der Waals surface area contributed by atoms with Gasteiger partial charge >= 0.3 is 0 Å². The standard InChI is InChI=1S/C18H23N3O2S/c1-12-17(24-11-20-12)5-6-18(23)21-16(13-8-15(22)9-13)10-14-4-2-3-7-19-14/h2-4,7,11,13,15-16,22H,5-6,8-10H2,1H3,(H,21,23)/t13?,15?,16-/m1/s1. The minimum absolute atomic E-state index is 0.0401. The molecule has 5 nitrogen and oxygen atoms in total. The zero-order valence-electron chi connectivity index (χ0n) is 13.8. The lowest BCUT2D eigenvalue weighted by atomic mass is 9.76. The second-order valence-electron chi connectivity index (χ2n) is 6.45. The molecule has 1 saturated carbocycles. The number of carbonyl (C=O) groups is 1. The first kappa shape index (κ1) is 17.0. The third-order valence-corrected chi connectivity index (χ3v) is 5.64. The van der Waals surface area contributed by atoms with E-state index in [0.717, 1.165) is 30.7 Å². The molecule has 1 aliphatic carbocycles. The molecule has 0 radical (unpaired) electrons. The van der Waals surface area contributed by atoms with Gasteiger partial charge in [-0.1, -0.05) is 6.07 Å². The van der Waals surface area contributed by atoms with E-state index in [0.29, 0.717) is 18.8 Å². The first-order valence-electron chi connectivity index (χ1n) is 8.38. The molecule has 1 aliphatic rings. The van der Waals surface area contributed by atoms with Crippen LogP contribution in [0.25, 0.3) is 0 Å². The Morgan fingerprint density at radius 1 is 1.42 bits per heavy atom. The van der Waals surface area contributed by atoms with Crippen LogP contribution in [0, 0.1) is 12.8 Å². The van der Waals surface area contributed by atoms with E-state index in [-0.39, 0.29) is 18.1 Å². The van der Waals surface area contributed by atoms with E-state index in [2.05, 4.69) is 15.3 Å². The number of aliphatic hydroxyl groups is 1. The summed E-state index contributed by atoms with van der Waals surface area (Å²) < 4.78 is 0. The van der Waals surface area contributed by atoms with Crippen LogP contribution in [0.4, 0.5) is 0 Å². The van der Waals surface area contributed by atoms with Crippen molar-refractivity contribution in [3.63, 3.8) is 0 Å². The first-order valence-corrected chi connectivity index (χ1v) is 9.26. The largest absolute Gasteiger partial charge is 0.393 e. The van der Waals surface area contributed by atoms with Gasteiger partial charge < -0.3 is 10.4 Å². The van der Waals surface area contributed by atoms with Crippen LogP contribution in [-0.4, -0.2) is 33.1 Å². The van der Waals surface area contributed by atoms with Gasteiger partial charge in [-0.2, -0.15) is 0 Å². The third kappa shape index (κ3) is 4.39. The normalized spacial score (nSPS) is 21.1. The Morgan fingerprint density at radius 2 is 2.25 bits per heavy atom. The summed E-state index contributed by atoms with van der Waals surface area (Å²) in [6.07, 6.45) is 4.97. The second-order valence-corrected chi connectivity index (χ2v) is 7.38. The highest BCUT2D eigenvalue weighted by molar-refractivity contribution is 7.09. The molecular formula is C18H23N3O2S. The van der Waals surface area contributed by atoms with Crippen LogP contribution in [0.5, 0.6) is 0 Å². The summed E-state index contributed by atoms with van der Waals surface area (Å²) in [5.41, 5.74) is 3.81. The van der Waals surface area contributed by atoms with Gasteiger partial charge in [-0.05, 0) is 44.2 Å². The van der Waals surface area contributed by atoms with Gasteiger partial charge in [-0.3, -0.25) is 9.78 Å². The summed E-state index contributed by atoms with van der Waals surface area (Å²) in [6.45, 7) is 1.98. The van der Waals surface area contributed by atoms with Crippen LogP contribution in [-0.2, 0) is 17.6 Å². The molecule has 1 fully saturated rings. The average Bonchev–Trinajstić information content (AvgIpc) is 2.95. The molecule has 0 spiro atoms. The van der Waals surface area contributed by atoms with Gasteiger partial charge in [0.2, 0.25) is 5.91 Å².